The lowest BCUT2D eigenvalue weighted by Gasteiger charge is -2.20. The van der Waals surface area contributed by atoms with Gasteiger partial charge in [0.15, 0.2) is 0 Å². The quantitative estimate of drug-likeness (QED) is 0.345. The standard InChI is InChI=1S/C7H15N2O/c1-4-5-7(2,3)6(10)9-8/h5H,4,8H2,1-3H3,(H,9,10). The molecular formula is C7H15N2O. The van der Waals surface area contributed by atoms with E-state index in [-0.39, 0.29) is 5.91 Å². The Bertz CT molecular complexity index is 121. The highest BCUT2D eigenvalue weighted by molar-refractivity contribution is 5.82. The van der Waals surface area contributed by atoms with Crippen LogP contribution < -0.4 is 11.3 Å². The summed E-state index contributed by atoms with van der Waals surface area (Å²) in [5.41, 5.74) is 1.68. The molecular weight excluding hydrogens is 128 g/mol. The van der Waals surface area contributed by atoms with Gasteiger partial charge in [0, 0.05) is 5.41 Å². The smallest absolute Gasteiger partial charge is 0.239 e. The highest BCUT2D eigenvalue weighted by Crippen LogP contribution is 2.20. The summed E-state index contributed by atoms with van der Waals surface area (Å²) in [5.74, 6) is 4.82. The first-order chi connectivity index (χ1) is 4.54. The van der Waals surface area contributed by atoms with Crippen molar-refractivity contribution in [3.63, 3.8) is 0 Å². The first-order valence-electron chi connectivity index (χ1n) is 3.40. The van der Waals surface area contributed by atoms with Crippen molar-refractivity contribution in [3.8, 4) is 0 Å². The van der Waals surface area contributed by atoms with Gasteiger partial charge in [0.1, 0.15) is 0 Å². The summed E-state index contributed by atoms with van der Waals surface area (Å²) in [6.45, 7) is 5.66. The molecule has 0 atom stereocenters. The van der Waals surface area contributed by atoms with Gasteiger partial charge in [0.05, 0.1) is 0 Å². The van der Waals surface area contributed by atoms with Crippen LogP contribution >= 0.6 is 0 Å². The Hall–Kier alpha value is -0.570. The Morgan fingerprint density at radius 2 is 2.20 bits per heavy atom. The van der Waals surface area contributed by atoms with E-state index in [1.165, 1.54) is 0 Å². The number of hydrogen-bond acceptors (Lipinski definition) is 2. The van der Waals surface area contributed by atoms with Gasteiger partial charge in [-0.25, -0.2) is 5.84 Å². The summed E-state index contributed by atoms with van der Waals surface area (Å²) in [7, 11) is 0. The second-order valence-electron chi connectivity index (χ2n) is 2.81. The fraction of sp³-hybridized carbons (Fsp3) is 0.714. The zero-order valence-electron chi connectivity index (χ0n) is 6.77. The molecule has 0 aliphatic carbocycles. The SMILES string of the molecule is CC[CH]C(C)(C)C(=O)NN. The molecule has 0 aliphatic rings. The summed E-state index contributed by atoms with van der Waals surface area (Å²) in [4.78, 5) is 11.0. The van der Waals surface area contributed by atoms with E-state index < -0.39 is 5.41 Å². The van der Waals surface area contributed by atoms with Crippen molar-refractivity contribution in [1.82, 2.24) is 5.43 Å². The number of amides is 1. The van der Waals surface area contributed by atoms with Crippen LogP contribution in [-0.4, -0.2) is 5.91 Å². The number of rotatable bonds is 3. The fourth-order valence-corrected chi connectivity index (χ4v) is 0.789. The molecule has 0 aromatic rings. The number of nitrogens with two attached hydrogens (primary N) is 1. The van der Waals surface area contributed by atoms with Gasteiger partial charge in [-0.3, -0.25) is 10.2 Å². The lowest BCUT2D eigenvalue weighted by atomic mass is 9.87. The molecule has 1 radical (unpaired) electrons. The van der Waals surface area contributed by atoms with E-state index in [1.807, 2.05) is 27.2 Å². The number of carbonyl (C=O) groups is 1. The third-order valence-corrected chi connectivity index (χ3v) is 1.43. The molecule has 1 amide bonds. The predicted octanol–water partition coefficient (Wildman–Crippen LogP) is 0.617. The third kappa shape index (κ3) is 2.35. The Morgan fingerprint density at radius 1 is 1.70 bits per heavy atom. The Labute approximate surface area is 62.0 Å². The molecule has 0 spiro atoms. The molecule has 0 bridgehead atoms. The normalized spacial score (nSPS) is 11.2. The van der Waals surface area contributed by atoms with E-state index in [0.29, 0.717) is 0 Å². The number of carbonyl (C=O) groups excluding carboxylic acids is 1. The molecule has 59 valence electrons. The minimum absolute atomic E-state index is 0.144. The molecule has 10 heavy (non-hydrogen) atoms. The van der Waals surface area contributed by atoms with E-state index in [4.69, 9.17) is 5.84 Å². The van der Waals surface area contributed by atoms with Crippen molar-refractivity contribution in [1.29, 1.82) is 0 Å². The van der Waals surface area contributed by atoms with Crippen LogP contribution in [0.25, 0.3) is 0 Å². The van der Waals surface area contributed by atoms with Gasteiger partial charge in [-0.05, 0) is 6.42 Å². The summed E-state index contributed by atoms with van der Waals surface area (Å²) in [6, 6.07) is 0. The molecule has 3 N–H and O–H groups in total. The van der Waals surface area contributed by atoms with Crippen LogP contribution in [0.1, 0.15) is 27.2 Å². The van der Waals surface area contributed by atoms with Crippen LogP contribution in [0, 0.1) is 11.8 Å². The van der Waals surface area contributed by atoms with Crippen LogP contribution in [0.2, 0.25) is 0 Å². The Kier molecular flexibility index (Phi) is 3.36. The van der Waals surface area contributed by atoms with Crippen molar-refractivity contribution >= 4 is 5.91 Å². The average molecular weight is 143 g/mol. The topological polar surface area (TPSA) is 55.1 Å². The second-order valence-corrected chi connectivity index (χ2v) is 2.81. The molecule has 0 aliphatic heterocycles. The minimum atomic E-state index is -0.441. The predicted molar refractivity (Wildman–Crippen MR) is 40.7 cm³/mol. The van der Waals surface area contributed by atoms with Gasteiger partial charge in [-0.15, -0.1) is 0 Å². The van der Waals surface area contributed by atoms with E-state index >= 15 is 0 Å². The van der Waals surface area contributed by atoms with Crippen LogP contribution in [0.5, 0.6) is 0 Å². The Morgan fingerprint density at radius 3 is 2.50 bits per heavy atom. The maximum Gasteiger partial charge on any atom is 0.239 e. The molecule has 0 rings (SSSR count). The number of hydrazine groups is 1. The maximum atomic E-state index is 11.0. The molecule has 0 fully saturated rings. The minimum Gasteiger partial charge on any atom is -0.294 e. The molecule has 0 saturated heterocycles. The van der Waals surface area contributed by atoms with Crippen molar-refractivity contribution < 1.29 is 4.79 Å². The molecule has 3 nitrogen and oxygen atoms in total. The van der Waals surface area contributed by atoms with Crippen molar-refractivity contribution in [2.75, 3.05) is 0 Å². The summed E-state index contributed by atoms with van der Waals surface area (Å²) in [6.07, 6.45) is 2.80. The van der Waals surface area contributed by atoms with E-state index in [9.17, 15) is 4.79 Å². The van der Waals surface area contributed by atoms with Crippen LogP contribution in [0.3, 0.4) is 0 Å². The van der Waals surface area contributed by atoms with Gasteiger partial charge in [-0.1, -0.05) is 27.2 Å². The maximum absolute atomic E-state index is 11.0. The van der Waals surface area contributed by atoms with Crippen molar-refractivity contribution in [2.45, 2.75) is 27.2 Å². The summed E-state index contributed by atoms with van der Waals surface area (Å²) in [5, 5.41) is 0. The third-order valence-electron chi connectivity index (χ3n) is 1.43. The molecule has 0 aromatic carbocycles. The van der Waals surface area contributed by atoms with Crippen molar-refractivity contribution in [2.24, 2.45) is 11.3 Å². The first kappa shape index (κ1) is 9.43. The average Bonchev–Trinajstić information content (AvgIpc) is 1.86. The highest BCUT2D eigenvalue weighted by Gasteiger charge is 2.25. The van der Waals surface area contributed by atoms with Crippen LogP contribution in [0.4, 0.5) is 0 Å². The summed E-state index contributed by atoms with van der Waals surface area (Å²) >= 11 is 0. The first-order valence-corrected chi connectivity index (χ1v) is 3.40. The van der Waals surface area contributed by atoms with Gasteiger partial charge in [0.2, 0.25) is 5.91 Å². The van der Waals surface area contributed by atoms with E-state index in [0.717, 1.165) is 6.42 Å². The molecule has 0 heterocycles. The lowest BCUT2D eigenvalue weighted by Crippen LogP contribution is -2.41. The number of nitrogens with one attached hydrogen (secondary N) is 1. The van der Waals surface area contributed by atoms with Gasteiger partial charge >= 0.3 is 0 Å². The zero-order chi connectivity index (χ0) is 8.20. The second kappa shape index (κ2) is 3.56. The highest BCUT2D eigenvalue weighted by atomic mass is 16.2. The largest absolute Gasteiger partial charge is 0.294 e. The molecule has 0 saturated carbocycles. The van der Waals surface area contributed by atoms with Gasteiger partial charge in [-0.2, -0.15) is 0 Å². The molecule has 0 unspecified atom stereocenters. The lowest BCUT2D eigenvalue weighted by molar-refractivity contribution is -0.127. The van der Waals surface area contributed by atoms with Crippen molar-refractivity contribution in [3.05, 3.63) is 6.42 Å². The Balaban J connectivity index is 3.96. The van der Waals surface area contributed by atoms with Crippen LogP contribution in [-0.2, 0) is 4.79 Å². The fourth-order valence-electron chi connectivity index (χ4n) is 0.789. The molecule has 0 aromatic heterocycles. The van der Waals surface area contributed by atoms with E-state index in [1.54, 1.807) is 0 Å². The van der Waals surface area contributed by atoms with Gasteiger partial charge < -0.3 is 0 Å². The summed E-state index contributed by atoms with van der Waals surface area (Å²) < 4.78 is 0. The van der Waals surface area contributed by atoms with Gasteiger partial charge in [0.25, 0.3) is 0 Å². The number of hydrogen-bond donors (Lipinski definition) is 2. The monoisotopic (exact) mass is 143 g/mol. The molecule has 3 heteroatoms. The van der Waals surface area contributed by atoms with Crippen LogP contribution in [0.15, 0.2) is 0 Å². The van der Waals surface area contributed by atoms with E-state index in [2.05, 4.69) is 5.43 Å². The zero-order valence-corrected chi connectivity index (χ0v) is 6.77.